The second-order valence-corrected chi connectivity index (χ2v) is 4.21. The Morgan fingerprint density at radius 1 is 1.31 bits per heavy atom. The maximum absolute atomic E-state index is 5.53. The number of rotatable bonds is 5. The summed E-state index contributed by atoms with van der Waals surface area (Å²) in [6.07, 6.45) is 0.699. The van der Waals surface area contributed by atoms with Gasteiger partial charge < -0.3 is 15.2 Å². The van der Waals surface area contributed by atoms with Crippen LogP contribution in [0.15, 0.2) is 18.2 Å². The smallest absolute Gasteiger partial charge is 0.160 e. The summed E-state index contributed by atoms with van der Waals surface area (Å²) in [4.78, 5) is 0.530. The van der Waals surface area contributed by atoms with Gasteiger partial charge in [0.25, 0.3) is 0 Å². The molecule has 2 N–H and O–H groups in total. The number of hydrogen-bond acceptors (Lipinski definition) is 3. The van der Waals surface area contributed by atoms with Gasteiger partial charge in [0.1, 0.15) is 0 Å². The van der Waals surface area contributed by atoms with Gasteiger partial charge in [-0.25, -0.2) is 0 Å². The highest BCUT2D eigenvalue weighted by atomic mass is 32.1. The average Bonchev–Trinajstić information content (AvgIpc) is 2.27. The lowest BCUT2D eigenvalue weighted by Crippen LogP contribution is -2.11. The van der Waals surface area contributed by atoms with Crippen molar-refractivity contribution in [1.29, 1.82) is 0 Å². The fraction of sp³-hybridized carbons (Fsp3) is 0.417. The van der Waals surface area contributed by atoms with Gasteiger partial charge >= 0.3 is 0 Å². The van der Waals surface area contributed by atoms with E-state index in [1.165, 1.54) is 0 Å². The molecule has 1 atom stereocenters. The Kier molecular flexibility index (Phi) is 4.55. The van der Waals surface area contributed by atoms with Gasteiger partial charge in [0, 0.05) is 6.42 Å². The van der Waals surface area contributed by atoms with E-state index in [1.54, 1.807) is 14.2 Å². The van der Waals surface area contributed by atoms with E-state index in [2.05, 4.69) is 6.92 Å². The monoisotopic (exact) mass is 239 g/mol. The Labute approximate surface area is 102 Å². The Morgan fingerprint density at radius 2 is 1.94 bits per heavy atom. The number of nitrogens with two attached hydrogens (primary N) is 1. The summed E-state index contributed by atoms with van der Waals surface area (Å²) in [6, 6.07) is 5.86. The van der Waals surface area contributed by atoms with E-state index in [-0.39, 0.29) is 5.92 Å². The summed E-state index contributed by atoms with van der Waals surface area (Å²) in [7, 11) is 3.25. The zero-order chi connectivity index (χ0) is 12.1. The molecule has 1 aromatic rings. The van der Waals surface area contributed by atoms with Gasteiger partial charge in [-0.2, -0.15) is 0 Å². The molecule has 4 heteroatoms. The molecule has 0 aliphatic rings. The second-order valence-electron chi connectivity index (χ2n) is 3.69. The van der Waals surface area contributed by atoms with Crippen LogP contribution < -0.4 is 15.2 Å². The van der Waals surface area contributed by atoms with Gasteiger partial charge in [-0.15, -0.1) is 0 Å². The van der Waals surface area contributed by atoms with E-state index >= 15 is 0 Å². The Bertz CT molecular complexity index is 379. The van der Waals surface area contributed by atoms with Gasteiger partial charge in [-0.05, 0) is 23.6 Å². The van der Waals surface area contributed by atoms with E-state index in [4.69, 9.17) is 27.4 Å². The van der Waals surface area contributed by atoms with Crippen LogP contribution in [0.5, 0.6) is 11.5 Å². The van der Waals surface area contributed by atoms with Crippen LogP contribution in [0.1, 0.15) is 24.8 Å². The third kappa shape index (κ3) is 3.10. The molecule has 88 valence electrons. The molecule has 0 aromatic heterocycles. The summed E-state index contributed by atoms with van der Waals surface area (Å²) < 4.78 is 10.4. The molecule has 0 amide bonds. The van der Waals surface area contributed by atoms with Crippen LogP contribution in [0.3, 0.4) is 0 Å². The van der Waals surface area contributed by atoms with Crippen molar-refractivity contribution in [2.45, 2.75) is 19.3 Å². The summed E-state index contributed by atoms with van der Waals surface area (Å²) in [5.41, 5.74) is 6.68. The third-order valence-corrected chi connectivity index (χ3v) is 2.65. The van der Waals surface area contributed by atoms with E-state index in [0.29, 0.717) is 11.4 Å². The number of benzene rings is 1. The number of ether oxygens (including phenoxy) is 2. The summed E-state index contributed by atoms with van der Waals surface area (Å²) in [5.74, 6) is 1.75. The largest absolute Gasteiger partial charge is 0.493 e. The number of hydrogen-bond donors (Lipinski definition) is 1. The van der Waals surface area contributed by atoms with Crippen molar-refractivity contribution in [3.05, 3.63) is 23.8 Å². The number of methoxy groups -OCH3 is 2. The molecule has 0 aliphatic carbocycles. The summed E-state index contributed by atoms with van der Waals surface area (Å²) >= 11 is 4.90. The first-order valence-corrected chi connectivity index (χ1v) is 5.49. The van der Waals surface area contributed by atoms with Crippen molar-refractivity contribution < 1.29 is 9.47 Å². The molecule has 16 heavy (non-hydrogen) atoms. The number of thiocarbonyl (C=S) groups is 1. The zero-order valence-corrected chi connectivity index (χ0v) is 10.6. The van der Waals surface area contributed by atoms with Crippen LogP contribution in [0.25, 0.3) is 0 Å². The predicted octanol–water partition coefficient (Wildman–Crippen LogP) is 2.48. The first kappa shape index (κ1) is 12.8. The summed E-state index contributed by atoms with van der Waals surface area (Å²) in [6.45, 7) is 2.08. The molecular formula is C12H17NO2S. The van der Waals surface area contributed by atoms with Crippen molar-refractivity contribution in [1.82, 2.24) is 0 Å². The molecule has 0 fully saturated rings. The SMILES string of the molecule is COc1ccc(C(C)CC(N)=S)cc1OC. The lowest BCUT2D eigenvalue weighted by molar-refractivity contribution is 0.354. The van der Waals surface area contributed by atoms with E-state index in [9.17, 15) is 0 Å². The van der Waals surface area contributed by atoms with Crippen molar-refractivity contribution in [2.75, 3.05) is 14.2 Å². The van der Waals surface area contributed by atoms with Crippen LogP contribution in [-0.4, -0.2) is 19.2 Å². The summed E-state index contributed by atoms with van der Waals surface area (Å²) in [5, 5.41) is 0. The topological polar surface area (TPSA) is 44.5 Å². The standard InChI is InChI=1S/C12H17NO2S/c1-8(6-12(13)16)9-4-5-10(14-2)11(7-9)15-3/h4-5,7-8H,6H2,1-3H3,(H2,13,16). The highest BCUT2D eigenvalue weighted by molar-refractivity contribution is 7.80. The van der Waals surface area contributed by atoms with Crippen LogP contribution in [0.4, 0.5) is 0 Å². The highest BCUT2D eigenvalue weighted by Crippen LogP contribution is 2.31. The Hall–Kier alpha value is -1.29. The zero-order valence-electron chi connectivity index (χ0n) is 9.82. The van der Waals surface area contributed by atoms with Crippen LogP contribution in [0, 0.1) is 0 Å². The van der Waals surface area contributed by atoms with E-state index < -0.39 is 0 Å². The molecule has 1 rings (SSSR count). The quantitative estimate of drug-likeness (QED) is 0.802. The predicted molar refractivity (Wildman–Crippen MR) is 69.4 cm³/mol. The minimum absolute atomic E-state index is 0.289. The van der Waals surface area contributed by atoms with E-state index in [1.807, 2.05) is 18.2 Å². The van der Waals surface area contributed by atoms with Gasteiger partial charge in [-0.1, -0.05) is 25.2 Å². The van der Waals surface area contributed by atoms with Crippen LogP contribution >= 0.6 is 12.2 Å². The molecule has 0 bridgehead atoms. The van der Waals surface area contributed by atoms with Crippen molar-refractivity contribution in [2.24, 2.45) is 5.73 Å². The Balaban J connectivity index is 2.93. The van der Waals surface area contributed by atoms with E-state index in [0.717, 1.165) is 17.1 Å². The van der Waals surface area contributed by atoms with Gasteiger partial charge in [-0.3, -0.25) is 0 Å². The molecule has 1 aromatic carbocycles. The fourth-order valence-corrected chi connectivity index (χ4v) is 1.83. The lowest BCUT2D eigenvalue weighted by Gasteiger charge is -2.14. The molecule has 0 aliphatic heterocycles. The Morgan fingerprint density at radius 3 is 2.44 bits per heavy atom. The molecular weight excluding hydrogens is 222 g/mol. The molecule has 0 saturated heterocycles. The van der Waals surface area contributed by atoms with Crippen LogP contribution in [0.2, 0.25) is 0 Å². The van der Waals surface area contributed by atoms with Gasteiger partial charge in [0.05, 0.1) is 19.2 Å². The minimum atomic E-state index is 0.289. The highest BCUT2D eigenvalue weighted by Gasteiger charge is 2.10. The fourth-order valence-electron chi connectivity index (χ4n) is 1.58. The molecule has 0 spiro atoms. The second kappa shape index (κ2) is 5.70. The molecule has 0 heterocycles. The van der Waals surface area contributed by atoms with Gasteiger partial charge in [0.15, 0.2) is 11.5 Å². The minimum Gasteiger partial charge on any atom is -0.493 e. The van der Waals surface area contributed by atoms with Crippen molar-refractivity contribution >= 4 is 17.2 Å². The van der Waals surface area contributed by atoms with Crippen LogP contribution in [-0.2, 0) is 0 Å². The molecule has 3 nitrogen and oxygen atoms in total. The first-order valence-electron chi connectivity index (χ1n) is 5.08. The molecule has 1 unspecified atom stereocenters. The van der Waals surface area contributed by atoms with Gasteiger partial charge in [0.2, 0.25) is 0 Å². The molecule has 0 radical (unpaired) electrons. The molecule has 0 saturated carbocycles. The van der Waals surface area contributed by atoms with Crippen molar-refractivity contribution in [3.8, 4) is 11.5 Å². The van der Waals surface area contributed by atoms with Crippen molar-refractivity contribution in [3.63, 3.8) is 0 Å². The maximum atomic E-state index is 5.53. The third-order valence-electron chi connectivity index (χ3n) is 2.48. The lowest BCUT2D eigenvalue weighted by atomic mass is 9.97. The first-order chi connectivity index (χ1) is 7.58. The maximum Gasteiger partial charge on any atom is 0.160 e. The normalized spacial score (nSPS) is 11.9. The average molecular weight is 239 g/mol.